The van der Waals surface area contributed by atoms with Crippen LogP contribution in [0.3, 0.4) is 0 Å². The number of ether oxygens (including phenoxy) is 1. The maximum Gasteiger partial charge on any atom is 0.323 e. The van der Waals surface area contributed by atoms with Crippen molar-refractivity contribution in [2.45, 2.75) is 12.8 Å². The van der Waals surface area contributed by atoms with Gasteiger partial charge in [-0.05, 0) is 42.7 Å². The quantitative estimate of drug-likeness (QED) is 0.480. The third-order valence-corrected chi connectivity index (χ3v) is 3.46. The van der Waals surface area contributed by atoms with Gasteiger partial charge in [0.05, 0.1) is 12.0 Å². The highest BCUT2D eigenvalue weighted by atomic mass is 19.1. The van der Waals surface area contributed by atoms with Gasteiger partial charge in [0.25, 0.3) is 5.91 Å². The monoisotopic (exact) mass is 332 g/mol. The van der Waals surface area contributed by atoms with E-state index in [0.29, 0.717) is 19.4 Å². The molecule has 2 aromatic rings. The fourth-order valence-electron chi connectivity index (χ4n) is 2.34. The van der Waals surface area contributed by atoms with Crippen LogP contribution in [0.15, 0.2) is 42.5 Å². The molecule has 0 fully saturated rings. The Kier molecular flexibility index (Phi) is 5.83. The van der Waals surface area contributed by atoms with Crippen LogP contribution in [0.1, 0.15) is 22.3 Å². The summed E-state index contributed by atoms with van der Waals surface area (Å²) >= 11 is 0. The highest BCUT2D eigenvalue weighted by Gasteiger charge is 2.24. The third-order valence-electron chi connectivity index (χ3n) is 3.46. The molecule has 2 aromatic carbocycles. The van der Waals surface area contributed by atoms with Gasteiger partial charge in [0, 0.05) is 6.54 Å². The topological polar surface area (TPSA) is 81.5 Å². The van der Waals surface area contributed by atoms with E-state index in [0.717, 1.165) is 5.56 Å². The molecule has 0 aliphatic rings. The highest BCUT2D eigenvalue weighted by Crippen LogP contribution is 2.30. The number of nitrogens with zero attached hydrogens (tertiary/aromatic N) is 1. The van der Waals surface area contributed by atoms with Crippen molar-refractivity contribution in [2.75, 3.05) is 13.7 Å². The smallest absolute Gasteiger partial charge is 0.323 e. The Bertz CT molecular complexity index is 749. The van der Waals surface area contributed by atoms with Crippen molar-refractivity contribution < 1.29 is 18.8 Å². The summed E-state index contributed by atoms with van der Waals surface area (Å²) in [5, 5.41) is 13.8. The van der Waals surface area contributed by atoms with Gasteiger partial charge in [0.15, 0.2) is 5.75 Å². The lowest BCUT2D eigenvalue weighted by Gasteiger charge is -2.08. The van der Waals surface area contributed by atoms with Crippen molar-refractivity contribution in [2.24, 2.45) is 0 Å². The third kappa shape index (κ3) is 4.28. The molecule has 0 aliphatic heterocycles. The van der Waals surface area contributed by atoms with Gasteiger partial charge in [0.2, 0.25) is 0 Å². The van der Waals surface area contributed by atoms with E-state index < -0.39 is 10.8 Å². The van der Waals surface area contributed by atoms with E-state index in [1.54, 1.807) is 12.1 Å². The first-order valence-electron chi connectivity index (χ1n) is 7.37. The Morgan fingerprint density at radius 2 is 2.04 bits per heavy atom. The molecule has 7 heteroatoms. The molecule has 0 bridgehead atoms. The molecule has 0 aromatic heterocycles. The Morgan fingerprint density at radius 1 is 1.29 bits per heavy atom. The molecule has 1 N–H and O–H groups in total. The minimum atomic E-state index is -0.638. The first kappa shape index (κ1) is 17.4. The van der Waals surface area contributed by atoms with Crippen molar-refractivity contribution in [3.05, 3.63) is 69.5 Å². The van der Waals surface area contributed by atoms with Crippen LogP contribution in [0.4, 0.5) is 10.1 Å². The minimum absolute atomic E-state index is 0.0346. The fraction of sp³-hybridized carbons (Fsp3) is 0.235. The van der Waals surface area contributed by atoms with Crippen molar-refractivity contribution >= 4 is 11.6 Å². The molecule has 0 radical (unpaired) electrons. The Morgan fingerprint density at radius 3 is 2.71 bits per heavy atom. The van der Waals surface area contributed by atoms with Crippen LogP contribution in [-0.4, -0.2) is 24.5 Å². The number of nitro benzene ring substituents is 1. The molecule has 1 amide bonds. The van der Waals surface area contributed by atoms with Gasteiger partial charge in [-0.1, -0.05) is 18.2 Å². The first-order valence-corrected chi connectivity index (χ1v) is 7.37. The summed E-state index contributed by atoms with van der Waals surface area (Å²) in [5.41, 5.74) is 0.421. The lowest BCUT2D eigenvalue weighted by Crippen LogP contribution is -2.25. The number of para-hydroxylation sites is 1. The number of rotatable bonds is 7. The molecule has 2 rings (SSSR count). The number of amides is 1. The molecular formula is C17H17FN2O4. The number of hydrogen-bond donors (Lipinski definition) is 1. The van der Waals surface area contributed by atoms with E-state index in [1.807, 2.05) is 0 Å². The van der Waals surface area contributed by atoms with Crippen LogP contribution in [-0.2, 0) is 6.42 Å². The fourth-order valence-corrected chi connectivity index (χ4v) is 2.34. The van der Waals surface area contributed by atoms with E-state index >= 15 is 0 Å². The number of nitro groups is 1. The molecule has 0 aliphatic carbocycles. The Labute approximate surface area is 138 Å². The van der Waals surface area contributed by atoms with Crippen molar-refractivity contribution in [3.63, 3.8) is 0 Å². The molecule has 0 spiro atoms. The van der Waals surface area contributed by atoms with Crippen LogP contribution in [0.25, 0.3) is 0 Å². The van der Waals surface area contributed by atoms with Gasteiger partial charge in [-0.2, -0.15) is 0 Å². The minimum Gasteiger partial charge on any atom is -0.490 e. The predicted octanol–water partition coefficient (Wildman–Crippen LogP) is 3.11. The average molecular weight is 332 g/mol. The van der Waals surface area contributed by atoms with Crippen LogP contribution in [0.2, 0.25) is 0 Å². The zero-order valence-electron chi connectivity index (χ0n) is 13.1. The van der Waals surface area contributed by atoms with Gasteiger partial charge in [-0.25, -0.2) is 4.39 Å². The summed E-state index contributed by atoms with van der Waals surface area (Å²) in [5.74, 6) is -0.809. The zero-order chi connectivity index (χ0) is 17.5. The molecule has 0 heterocycles. The summed E-state index contributed by atoms with van der Waals surface area (Å²) in [6, 6.07) is 10.6. The molecule has 24 heavy (non-hydrogen) atoms. The number of halogens is 1. The molecule has 0 saturated heterocycles. The molecule has 0 saturated carbocycles. The van der Waals surface area contributed by atoms with Crippen LogP contribution >= 0.6 is 0 Å². The lowest BCUT2D eigenvalue weighted by atomic mass is 10.1. The van der Waals surface area contributed by atoms with Crippen molar-refractivity contribution in [3.8, 4) is 5.75 Å². The van der Waals surface area contributed by atoms with E-state index in [2.05, 4.69) is 5.32 Å². The van der Waals surface area contributed by atoms with Gasteiger partial charge >= 0.3 is 5.69 Å². The number of methoxy groups -OCH3 is 1. The highest BCUT2D eigenvalue weighted by molar-refractivity contribution is 5.99. The maximum atomic E-state index is 13.1. The van der Waals surface area contributed by atoms with E-state index in [4.69, 9.17) is 4.74 Å². The summed E-state index contributed by atoms with van der Waals surface area (Å²) in [4.78, 5) is 22.7. The number of carbonyl (C=O) groups excluding carboxylic acids is 1. The largest absolute Gasteiger partial charge is 0.490 e. The standard InChI is InChI=1S/C17H17FN2O4/c1-24-15-9-3-8-14(16(15)20(22)23)17(21)19-10-4-6-12-5-2-7-13(18)11-12/h2-3,5,7-9,11H,4,6,10H2,1H3,(H,19,21). The summed E-state index contributed by atoms with van der Waals surface area (Å²) in [6.45, 7) is 0.323. The molecule has 0 atom stereocenters. The first-order chi connectivity index (χ1) is 11.5. The Hall–Kier alpha value is -2.96. The van der Waals surface area contributed by atoms with Crippen LogP contribution < -0.4 is 10.1 Å². The molecule has 6 nitrogen and oxygen atoms in total. The van der Waals surface area contributed by atoms with Gasteiger partial charge < -0.3 is 10.1 Å². The van der Waals surface area contributed by atoms with E-state index in [1.165, 1.54) is 37.4 Å². The predicted molar refractivity (Wildman–Crippen MR) is 86.7 cm³/mol. The van der Waals surface area contributed by atoms with Crippen molar-refractivity contribution in [1.82, 2.24) is 5.32 Å². The normalized spacial score (nSPS) is 10.2. The Balaban J connectivity index is 1.97. The van der Waals surface area contributed by atoms with Crippen LogP contribution in [0, 0.1) is 15.9 Å². The van der Waals surface area contributed by atoms with Crippen molar-refractivity contribution in [1.29, 1.82) is 0 Å². The van der Waals surface area contributed by atoms with E-state index in [9.17, 15) is 19.3 Å². The number of carbonyl (C=O) groups is 1. The second kappa shape index (κ2) is 8.05. The zero-order valence-corrected chi connectivity index (χ0v) is 13.1. The number of aryl methyl sites for hydroxylation is 1. The maximum absolute atomic E-state index is 13.1. The molecular weight excluding hydrogens is 315 g/mol. The number of hydrogen-bond acceptors (Lipinski definition) is 4. The van der Waals surface area contributed by atoms with Gasteiger partial charge in [-0.3, -0.25) is 14.9 Å². The number of benzene rings is 2. The lowest BCUT2D eigenvalue weighted by molar-refractivity contribution is -0.386. The summed E-state index contributed by atoms with van der Waals surface area (Å²) < 4.78 is 18.0. The number of nitrogens with one attached hydrogen (secondary N) is 1. The second-order valence-corrected chi connectivity index (χ2v) is 5.10. The summed E-state index contributed by atoms with van der Waals surface area (Å²) in [7, 11) is 1.31. The SMILES string of the molecule is COc1cccc(C(=O)NCCCc2cccc(F)c2)c1[N+](=O)[O-]. The molecule has 126 valence electrons. The van der Waals surface area contributed by atoms with E-state index in [-0.39, 0.29) is 22.8 Å². The second-order valence-electron chi connectivity index (χ2n) is 5.10. The van der Waals surface area contributed by atoms with Crippen LogP contribution in [0.5, 0.6) is 5.75 Å². The average Bonchev–Trinajstić information content (AvgIpc) is 2.57. The molecule has 0 unspecified atom stereocenters. The summed E-state index contributed by atoms with van der Waals surface area (Å²) in [6.07, 6.45) is 1.19. The van der Waals surface area contributed by atoms with Gasteiger partial charge in [-0.15, -0.1) is 0 Å². The van der Waals surface area contributed by atoms with Gasteiger partial charge in [0.1, 0.15) is 11.4 Å².